The van der Waals surface area contributed by atoms with Gasteiger partial charge in [-0.2, -0.15) is 0 Å². The molecule has 10 heavy (non-hydrogen) atoms. The molecule has 0 saturated carbocycles. The minimum Gasteiger partial charge on any atom is -0.477 e. The van der Waals surface area contributed by atoms with E-state index < -0.39 is 5.97 Å². The van der Waals surface area contributed by atoms with Crippen LogP contribution < -0.4 is 5.32 Å². The van der Waals surface area contributed by atoms with E-state index in [1.807, 2.05) is 0 Å². The maximum absolute atomic E-state index is 10.3. The van der Waals surface area contributed by atoms with Crippen molar-refractivity contribution in [3.63, 3.8) is 0 Å². The molecule has 1 aliphatic rings. The van der Waals surface area contributed by atoms with Crippen molar-refractivity contribution in [3.8, 4) is 0 Å². The third-order valence-corrected chi connectivity index (χ3v) is 1.82. The highest BCUT2D eigenvalue weighted by molar-refractivity contribution is 5.71. The summed E-state index contributed by atoms with van der Waals surface area (Å²) in [7, 11) is 0. The van der Waals surface area contributed by atoms with Crippen LogP contribution in [0, 0.1) is 0 Å². The minimum atomic E-state index is -0.771. The fourth-order valence-corrected chi connectivity index (χ4v) is 1.15. The van der Waals surface area contributed by atoms with E-state index in [0.29, 0.717) is 19.4 Å². The minimum absolute atomic E-state index is 0.310. The largest absolute Gasteiger partial charge is 0.477 e. The molecule has 1 rings (SSSR count). The van der Waals surface area contributed by atoms with Crippen LogP contribution in [0.1, 0.15) is 12.8 Å². The predicted molar refractivity (Wildman–Crippen MR) is 33.5 cm³/mol. The van der Waals surface area contributed by atoms with Gasteiger partial charge in [-0.1, -0.05) is 0 Å². The van der Waals surface area contributed by atoms with Crippen molar-refractivity contribution in [2.75, 3.05) is 6.54 Å². The predicted octanol–water partition coefficient (Wildman–Crippen LogP) is -1.84. The van der Waals surface area contributed by atoms with Crippen LogP contribution in [0.25, 0.3) is 0 Å². The van der Waals surface area contributed by atoms with E-state index in [0.717, 1.165) is 0 Å². The number of hydrogen-bond acceptors (Lipinski definition) is 2. The average Bonchev–Trinajstić information content (AvgIpc) is 1.88. The fourth-order valence-electron chi connectivity index (χ4n) is 1.15. The van der Waals surface area contributed by atoms with Gasteiger partial charge in [-0.15, -0.1) is 0 Å². The number of carboxylic acid groups (broad SMARTS) is 1. The van der Waals surface area contributed by atoms with Crippen molar-refractivity contribution in [1.82, 2.24) is 0 Å². The number of quaternary nitrogens is 1. The SMILES string of the molecule is O=C(O)[C@H]1CC[C@@H](O)C[NH2+]1. The lowest BCUT2D eigenvalue weighted by Gasteiger charge is -2.20. The number of aliphatic hydroxyl groups is 1. The summed E-state index contributed by atoms with van der Waals surface area (Å²) >= 11 is 0. The third kappa shape index (κ3) is 1.68. The Balaban J connectivity index is 2.33. The molecule has 58 valence electrons. The number of carbonyl (C=O) groups is 1. The topological polar surface area (TPSA) is 74.1 Å². The van der Waals surface area contributed by atoms with Gasteiger partial charge in [0.2, 0.25) is 0 Å². The van der Waals surface area contributed by atoms with Crippen LogP contribution in [0.5, 0.6) is 0 Å². The van der Waals surface area contributed by atoms with Gasteiger partial charge in [0.15, 0.2) is 6.04 Å². The van der Waals surface area contributed by atoms with Crippen molar-refractivity contribution in [3.05, 3.63) is 0 Å². The molecule has 1 saturated heterocycles. The summed E-state index contributed by atoms with van der Waals surface area (Å²) in [4.78, 5) is 10.3. The highest BCUT2D eigenvalue weighted by Gasteiger charge is 2.27. The lowest BCUT2D eigenvalue weighted by molar-refractivity contribution is -0.692. The maximum atomic E-state index is 10.3. The van der Waals surface area contributed by atoms with Gasteiger partial charge < -0.3 is 15.5 Å². The van der Waals surface area contributed by atoms with E-state index in [9.17, 15) is 4.79 Å². The average molecular weight is 146 g/mol. The van der Waals surface area contributed by atoms with Gasteiger partial charge in [-0.3, -0.25) is 0 Å². The van der Waals surface area contributed by atoms with E-state index in [1.54, 1.807) is 5.32 Å². The number of aliphatic hydroxyl groups excluding tert-OH is 1. The summed E-state index contributed by atoms with van der Waals surface area (Å²) in [6.07, 6.45) is 0.889. The van der Waals surface area contributed by atoms with Gasteiger partial charge >= 0.3 is 5.97 Å². The van der Waals surface area contributed by atoms with Crippen molar-refractivity contribution in [1.29, 1.82) is 0 Å². The molecule has 1 heterocycles. The molecule has 0 aromatic heterocycles. The first-order valence-corrected chi connectivity index (χ1v) is 3.44. The van der Waals surface area contributed by atoms with E-state index in [2.05, 4.69) is 0 Å². The zero-order valence-electron chi connectivity index (χ0n) is 5.66. The monoisotopic (exact) mass is 146 g/mol. The molecule has 0 aromatic carbocycles. The summed E-state index contributed by atoms with van der Waals surface area (Å²) in [5.74, 6) is -0.771. The number of carboxylic acids is 1. The molecule has 1 aliphatic heterocycles. The molecule has 4 nitrogen and oxygen atoms in total. The lowest BCUT2D eigenvalue weighted by atomic mass is 10.0. The Morgan fingerprint density at radius 1 is 1.50 bits per heavy atom. The number of aliphatic carboxylic acids is 1. The van der Waals surface area contributed by atoms with Crippen molar-refractivity contribution >= 4 is 5.97 Å². The Hall–Kier alpha value is -0.610. The molecule has 0 spiro atoms. The molecule has 0 unspecified atom stereocenters. The Bertz CT molecular complexity index is 129. The molecule has 0 bridgehead atoms. The second-order valence-electron chi connectivity index (χ2n) is 2.65. The number of rotatable bonds is 1. The first-order valence-electron chi connectivity index (χ1n) is 3.44. The van der Waals surface area contributed by atoms with Gasteiger partial charge in [0.1, 0.15) is 12.6 Å². The van der Waals surface area contributed by atoms with Crippen LogP contribution in [0.4, 0.5) is 0 Å². The second-order valence-corrected chi connectivity index (χ2v) is 2.65. The van der Waals surface area contributed by atoms with Crippen LogP contribution in [0.3, 0.4) is 0 Å². The Morgan fingerprint density at radius 2 is 2.20 bits per heavy atom. The van der Waals surface area contributed by atoms with Gasteiger partial charge in [-0.25, -0.2) is 4.79 Å². The van der Waals surface area contributed by atoms with Gasteiger partial charge in [0.25, 0.3) is 0 Å². The number of nitrogens with two attached hydrogens (primary N) is 1. The number of hydrogen-bond donors (Lipinski definition) is 3. The molecule has 0 aliphatic carbocycles. The molecule has 1 fully saturated rings. The fraction of sp³-hybridized carbons (Fsp3) is 0.833. The van der Waals surface area contributed by atoms with Crippen LogP contribution in [0.15, 0.2) is 0 Å². The molecular weight excluding hydrogens is 134 g/mol. The Labute approximate surface area is 58.9 Å². The van der Waals surface area contributed by atoms with E-state index in [1.165, 1.54) is 0 Å². The van der Waals surface area contributed by atoms with Crippen LogP contribution in [-0.4, -0.2) is 34.9 Å². The lowest BCUT2D eigenvalue weighted by Crippen LogP contribution is -2.95. The highest BCUT2D eigenvalue weighted by Crippen LogP contribution is 2.01. The normalized spacial score (nSPS) is 33.7. The number of piperidine rings is 1. The van der Waals surface area contributed by atoms with Crippen molar-refractivity contribution < 1.29 is 20.3 Å². The summed E-state index contributed by atoms with van der Waals surface area (Å²) in [6, 6.07) is -0.330. The first-order chi connectivity index (χ1) is 4.70. The summed E-state index contributed by atoms with van der Waals surface area (Å²) in [6.45, 7) is 0.525. The molecule has 2 atom stereocenters. The van der Waals surface area contributed by atoms with Gasteiger partial charge in [-0.05, 0) is 6.42 Å². The van der Waals surface area contributed by atoms with Gasteiger partial charge in [0.05, 0.1) is 0 Å². The van der Waals surface area contributed by atoms with Crippen LogP contribution in [-0.2, 0) is 4.79 Å². The highest BCUT2D eigenvalue weighted by atomic mass is 16.4. The van der Waals surface area contributed by atoms with Crippen molar-refractivity contribution in [2.24, 2.45) is 0 Å². The molecule has 0 aromatic rings. The zero-order valence-corrected chi connectivity index (χ0v) is 5.66. The van der Waals surface area contributed by atoms with Gasteiger partial charge in [0, 0.05) is 6.42 Å². The molecule has 0 radical (unpaired) electrons. The maximum Gasteiger partial charge on any atom is 0.362 e. The van der Waals surface area contributed by atoms with E-state index in [4.69, 9.17) is 10.2 Å². The second kappa shape index (κ2) is 2.98. The van der Waals surface area contributed by atoms with Crippen LogP contribution in [0.2, 0.25) is 0 Å². The standard InChI is InChI=1S/C6H11NO3/c8-4-1-2-5(6(9)10)7-3-4/h4-5,7-8H,1-3H2,(H,9,10)/p+1/t4-,5-/m1/s1. The summed E-state index contributed by atoms with van der Waals surface area (Å²) in [5.41, 5.74) is 0. The Kier molecular flexibility index (Phi) is 2.24. The van der Waals surface area contributed by atoms with E-state index >= 15 is 0 Å². The van der Waals surface area contributed by atoms with E-state index in [-0.39, 0.29) is 12.1 Å². The molecular formula is C6H12NO3+. The Morgan fingerprint density at radius 3 is 2.60 bits per heavy atom. The quantitative estimate of drug-likeness (QED) is 0.407. The first kappa shape index (κ1) is 7.50. The summed E-state index contributed by atoms with van der Waals surface area (Å²) in [5, 5.41) is 19.2. The zero-order chi connectivity index (χ0) is 7.56. The van der Waals surface area contributed by atoms with Crippen molar-refractivity contribution in [2.45, 2.75) is 25.0 Å². The smallest absolute Gasteiger partial charge is 0.362 e. The van der Waals surface area contributed by atoms with Crippen LogP contribution >= 0.6 is 0 Å². The summed E-state index contributed by atoms with van der Waals surface area (Å²) < 4.78 is 0. The molecule has 4 N–H and O–H groups in total. The molecule has 0 amide bonds. The molecule has 4 heteroatoms. The third-order valence-electron chi connectivity index (χ3n) is 1.82.